The summed E-state index contributed by atoms with van der Waals surface area (Å²) in [4.78, 5) is 11.8. The maximum Gasteiger partial charge on any atom is 0.387 e. The van der Waals surface area contributed by atoms with Crippen molar-refractivity contribution in [3.63, 3.8) is 0 Å². The lowest BCUT2D eigenvalue weighted by Gasteiger charge is -2.15. The van der Waals surface area contributed by atoms with Crippen molar-refractivity contribution >= 4 is 5.91 Å². The number of halogens is 2. The van der Waals surface area contributed by atoms with E-state index >= 15 is 0 Å². The highest BCUT2D eigenvalue weighted by molar-refractivity contribution is 5.76. The van der Waals surface area contributed by atoms with E-state index in [9.17, 15) is 13.6 Å². The van der Waals surface area contributed by atoms with Gasteiger partial charge in [0.15, 0.2) is 0 Å². The van der Waals surface area contributed by atoms with Crippen molar-refractivity contribution in [2.24, 2.45) is 0 Å². The van der Waals surface area contributed by atoms with E-state index in [2.05, 4.69) is 25.6 Å². The molecular formula is C12H13F2N5O2. The fourth-order valence-corrected chi connectivity index (χ4v) is 1.73. The Hall–Kier alpha value is -2.58. The van der Waals surface area contributed by atoms with Gasteiger partial charge in [0.1, 0.15) is 18.6 Å². The molecule has 112 valence electrons. The number of nitrogens with one attached hydrogen (secondary N) is 1. The van der Waals surface area contributed by atoms with Crippen molar-refractivity contribution in [3.05, 3.63) is 36.2 Å². The quantitative estimate of drug-likeness (QED) is 0.865. The number of amides is 1. The number of carbonyl (C=O) groups excluding carboxylic acids is 1. The molecule has 0 bridgehead atoms. The van der Waals surface area contributed by atoms with Crippen LogP contribution in [0.1, 0.15) is 18.5 Å². The van der Waals surface area contributed by atoms with E-state index in [1.54, 1.807) is 19.1 Å². The number of hydrogen-bond donors (Lipinski definition) is 1. The summed E-state index contributed by atoms with van der Waals surface area (Å²) in [6, 6.07) is 5.80. The minimum atomic E-state index is -2.88. The Morgan fingerprint density at radius 1 is 1.48 bits per heavy atom. The lowest BCUT2D eigenvalue weighted by molar-refractivity contribution is -0.122. The summed E-state index contributed by atoms with van der Waals surface area (Å²) in [7, 11) is 0. The molecule has 1 N–H and O–H groups in total. The molecule has 0 fully saturated rings. The van der Waals surface area contributed by atoms with Crippen LogP contribution in [0.25, 0.3) is 0 Å². The lowest BCUT2D eigenvalue weighted by Crippen LogP contribution is -2.30. The molecule has 0 radical (unpaired) electrons. The highest BCUT2D eigenvalue weighted by Crippen LogP contribution is 2.20. The second kappa shape index (κ2) is 6.73. The molecule has 0 aliphatic heterocycles. The van der Waals surface area contributed by atoms with Crippen molar-refractivity contribution in [1.29, 1.82) is 0 Å². The first-order valence-corrected chi connectivity index (χ1v) is 6.09. The lowest BCUT2D eigenvalue weighted by atomic mass is 10.1. The normalized spacial score (nSPS) is 12.2. The molecule has 1 amide bonds. The van der Waals surface area contributed by atoms with E-state index in [1.807, 2.05) is 0 Å². The Balaban J connectivity index is 1.96. The molecular weight excluding hydrogens is 284 g/mol. The number of ether oxygens (including phenoxy) is 1. The summed E-state index contributed by atoms with van der Waals surface area (Å²) >= 11 is 0. The first-order chi connectivity index (χ1) is 10.0. The molecule has 0 saturated carbocycles. The molecule has 9 heteroatoms. The fourth-order valence-electron chi connectivity index (χ4n) is 1.73. The van der Waals surface area contributed by atoms with Crippen molar-refractivity contribution in [2.75, 3.05) is 0 Å². The van der Waals surface area contributed by atoms with E-state index < -0.39 is 6.61 Å². The van der Waals surface area contributed by atoms with Gasteiger partial charge < -0.3 is 10.1 Å². The standard InChI is InChI=1S/C12H13F2N5O2/c1-8(16-11(20)6-19-7-15-17-18-19)9-3-2-4-10(5-9)21-12(13)14/h2-5,7-8,12H,6H2,1H3,(H,16,20). The Morgan fingerprint density at radius 2 is 2.29 bits per heavy atom. The monoisotopic (exact) mass is 297 g/mol. The van der Waals surface area contributed by atoms with Gasteiger partial charge in [-0.3, -0.25) is 4.79 Å². The molecule has 1 unspecified atom stereocenters. The number of alkyl halides is 2. The number of nitrogens with zero attached hydrogens (tertiary/aromatic N) is 4. The van der Waals surface area contributed by atoms with E-state index in [1.165, 1.54) is 23.1 Å². The van der Waals surface area contributed by atoms with Gasteiger partial charge in [-0.15, -0.1) is 5.10 Å². The van der Waals surface area contributed by atoms with Crippen molar-refractivity contribution in [2.45, 2.75) is 26.1 Å². The van der Waals surface area contributed by atoms with Gasteiger partial charge in [0, 0.05) is 0 Å². The number of tetrazole rings is 1. The number of carbonyl (C=O) groups is 1. The van der Waals surface area contributed by atoms with Crippen LogP contribution in [0.5, 0.6) is 5.75 Å². The van der Waals surface area contributed by atoms with Crippen LogP contribution < -0.4 is 10.1 Å². The van der Waals surface area contributed by atoms with Crippen LogP contribution in [0.4, 0.5) is 8.78 Å². The van der Waals surface area contributed by atoms with Gasteiger partial charge in [-0.1, -0.05) is 12.1 Å². The average molecular weight is 297 g/mol. The van der Waals surface area contributed by atoms with Gasteiger partial charge >= 0.3 is 6.61 Å². The third kappa shape index (κ3) is 4.48. The SMILES string of the molecule is CC(NC(=O)Cn1cnnn1)c1cccc(OC(F)F)c1. The molecule has 0 saturated heterocycles. The Morgan fingerprint density at radius 3 is 2.95 bits per heavy atom. The van der Waals surface area contributed by atoms with E-state index in [0.29, 0.717) is 5.56 Å². The summed E-state index contributed by atoms with van der Waals surface area (Å²) in [6.07, 6.45) is 1.32. The Labute approximate surface area is 118 Å². The highest BCUT2D eigenvalue weighted by atomic mass is 19.3. The second-order valence-corrected chi connectivity index (χ2v) is 4.25. The maximum absolute atomic E-state index is 12.2. The van der Waals surface area contributed by atoms with Crippen LogP contribution in [0.15, 0.2) is 30.6 Å². The first-order valence-electron chi connectivity index (χ1n) is 6.09. The van der Waals surface area contributed by atoms with Crippen LogP contribution >= 0.6 is 0 Å². The van der Waals surface area contributed by atoms with Gasteiger partial charge in [0.25, 0.3) is 0 Å². The maximum atomic E-state index is 12.2. The minimum Gasteiger partial charge on any atom is -0.435 e. The fraction of sp³-hybridized carbons (Fsp3) is 0.333. The van der Waals surface area contributed by atoms with E-state index in [-0.39, 0.29) is 24.2 Å². The van der Waals surface area contributed by atoms with Crippen molar-refractivity contribution < 1.29 is 18.3 Å². The zero-order valence-corrected chi connectivity index (χ0v) is 11.1. The molecule has 1 heterocycles. The summed E-state index contributed by atoms with van der Waals surface area (Å²) in [6.45, 7) is -1.17. The van der Waals surface area contributed by atoms with Crippen LogP contribution in [0.2, 0.25) is 0 Å². The van der Waals surface area contributed by atoms with Gasteiger partial charge in [-0.05, 0) is 35.0 Å². The zero-order valence-electron chi connectivity index (χ0n) is 11.1. The van der Waals surface area contributed by atoms with Gasteiger partial charge in [-0.2, -0.15) is 8.78 Å². The summed E-state index contributed by atoms with van der Waals surface area (Å²) < 4.78 is 29.9. The molecule has 7 nitrogen and oxygen atoms in total. The Bertz CT molecular complexity index is 591. The van der Waals surface area contributed by atoms with Gasteiger partial charge in [0.2, 0.25) is 5.91 Å². The molecule has 1 atom stereocenters. The smallest absolute Gasteiger partial charge is 0.387 e. The predicted octanol–water partition coefficient (Wildman–Crippen LogP) is 1.15. The van der Waals surface area contributed by atoms with E-state index in [4.69, 9.17) is 0 Å². The number of hydrogen-bond acceptors (Lipinski definition) is 5. The third-order valence-electron chi connectivity index (χ3n) is 2.66. The molecule has 1 aromatic heterocycles. The highest BCUT2D eigenvalue weighted by Gasteiger charge is 2.12. The number of benzene rings is 1. The summed E-state index contributed by atoms with van der Waals surface area (Å²) in [5.41, 5.74) is 0.651. The topological polar surface area (TPSA) is 81.9 Å². The first kappa shape index (κ1) is 14.8. The Kier molecular flexibility index (Phi) is 4.75. The predicted molar refractivity (Wildman–Crippen MR) is 67.4 cm³/mol. The van der Waals surface area contributed by atoms with Gasteiger partial charge in [0.05, 0.1) is 6.04 Å². The van der Waals surface area contributed by atoms with Crippen LogP contribution in [-0.4, -0.2) is 32.7 Å². The molecule has 0 spiro atoms. The van der Waals surface area contributed by atoms with Crippen LogP contribution in [0.3, 0.4) is 0 Å². The van der Waals surface area contributed by atoms with Crippen LogP contribution in [-0.2, 0) is 11.3 Å². The summed E-state index contributed by atoms with van der Waals surface area (Å²) in [5, 5.41) is 13.1. The van der Waals surface area contributed by atoms with Gasteiger partial charge in [-0.25, -0.2) is 4.68 Å². The van der Waals surface area contributed by atoms with Crippen molar-refractivity contribution in [1.82, 2.24) is 25.5 Å². The molecule has 1 aromatic carbocycles. The van der Waals surface area contributed by atoms with Crippen molar-refractivity contribution in [3.8, 4) is 5.75 Å². The largest absolute Gasteiger partial charge is 0.435 e. The summed E-state index contributed by atoms with van der Waals surface area (Å²) in [5.74, 6) is -0.251. The molecule has 0 aliphatic carbocycles. The number of aromatic nitrogens is 4. The second-order valence-electron chi connectivity index (χ2n) is 4.25. The zero-order chi connectivity index (χ0) is 15.2. The average Bonchev–Trinajstić information content (AvgIpc) is 2.90. The number of rotatable bonds is 6. The molecule has 21 heavy (non-hydrogen) atoms. The van der Waals surface area contributed by atoms with E-state index in [0.717, 1.165) is 0 Å². The molecule has 0 aliphatic rings. The third-order valence-corrected chi connectivity index (χ3v) is 2.66. The van der Waals surface area contributed by atoms with Crippen LogP contribution in [0, 0.1) is 0 Å². The molecule has 2 aromatic rings. The minimum absolute atomic E-state index is 0.0232. The molecule has 2 rings (SSSR count).